The fourth-order valence-corrected chi connectivity index (χ4v) is 3.49. The number of anilines is 1. The van der Waals surface area contributed by atoms with Crippen molar-refractivity contribution in [1.29, 1.82) is 0 Å². The Balaban J connectivity index is 1.32. The van der Waals surface area contributed by atoms with Gasteiger partial charge in [0.1, 0.15) is 12.4 Å². The topological polar surface area (TPSA) is 34.1 Å². The zero-order valence-corrected chi connectivity index (χ0v) is 17.9. The van der Waals surface area contributed by atoms with Gasteiger partial charge in [0.2, 0.25) is 0 Å². The maximum atomic E-state index is 6.04. The molecule has 1 aliphatic rings. The molecule has 1 saturated heterocycles. The maximum Gasteiger partial charge on any atom is 0.119 e. The van der Waals surface area contributed by atoms with Crippen LogP contribution in [-0.2, 0) is 11.3 Å². The summed E-state index contributed by atoms with van der Waals surface area (Å²) in [5, 5.41) is 1.07. The van der Waals surface area contributed by atoms with E-state index in [9.17, 15) is 0 Å². The molecular weight excluding hydrogens is 419 g/mol. The highest BCUT2D eigenvalue weighted by molar-refractivity contribution is 6.42. The highest BCUT2D eigenvalue weighted by Gasteiger charge is 2.10. The van der Waals surface area contributed by atoms with Crippen molar-refractivity contribution in [2.24, 2.45) is 4.99 Å². The summed E-state index contributed by atoms with van der Waals surface area (Å²) in [6.07, 6.45) is 1.85. The monoisotopic (exact) mass is 440 g/mol. The number of rotatable bonds is 6. The van der Waals surface area contributed by atoms with Crippen LogP contribution in [0.25, 0.3) is 0 Å². The molecule has 0 bridgehead atoms. The average Bonchev–Trinajstić information content (AvgIpc) is 2.80. The predicted molar refractivity (Wildman–Crippen MR) is 124 cm³/mol. The van der Waals surface area contributed by atoms with Crippen LogP contribution in [-0.4, -0.2) is 32.5 Å². The molecule has 0 N–H and O–H groups in total. The van der Waals surface area contributed by atoms with Crippen LogP contribution in [0.15, 0.2) is 71.7 Å². The molecule has 0 aliphatic carbocycles. The molecule has 3 aromatic rings. The van der Waals surface area contributed by atoms with Crippen molar-refractivity contribution >= 4 is 40.8 Å². The minimum absolute atomic E-state index is 0.430. The molecule has 4 nitrogen and oxygen atoms in total. The van der Waals surface area contributed by atoms with Crippen molar-refractivity contribution in [2.45, 2.75) is 6.61 Å². The second-order valence-corrected chi connectivity index (χ2v) is 7.79. The second kappa shape index (κ2) is 9.98. The lowest BCUT2D eigenvalue weighted by atomic mass is 10.2. The lowest BCUT2D eigenvalue weighted by molar-refractivity contribution is 0.122. The number of ether oxygens (including phenoxy) is 2. The molecular formula is C24H22Cl2N2O2. The number of aliphatic imine (C=N–C) groups is 1. The summed E-state index contributed by atoms with van der Waals surface area (Å²) in [5.41, 5.74) is 4.11. The van der Waals surface area contributed by atoms with Gasteiger partial charge in [-0.3, -0.25) is 4.99 Å². The third kappa shape index (κ3) is 5.54. The first-order valence-corrected chi connectivity index (χ1v) is 10.6. The van der Waals surface area contributed by atoms with Crippen molar-refractivity contribution in [2.75, 3.05) is 31.2 Å². The Morgan fingerprint density at radius 1 is 0.900 bits per heavy atom. The van der Waals surface area contributed by atoms with E-state index >= 15 is 0 Å². The molecule has 0 aromatic heterocycles. The molecule has 0 unspecified atom stereocenters. The van der Waals surface area contributed by atoms with E-state index in [2.05, 4.69) is 22.0 Å². The van der Waals surface area contributed by atoms with Crippen LogP contribution in [0.2, 0.25) is 10.0 Å². The van der Waals surface area contributed by atoms with E-state index in [-0.39, 0.29) is 0 Å². The van der Waals surface area contributed by atoms with E-state index in [1.165, 1.54) is 5.69 Å². The molecule has 1 aliphatic heterocycles. The van der Waals surface area contributed by atoms with E-state index in [4.69, 9.17) is 32.7 Å². The Morgan fingerprint density at radius 2 is 1.63 bits per heavy atom. The van der Waals surface area contributed by atoms with E-state index < -0.39 is 0 Å². The summed E-state index contributed by atoms with van der Waals surface area (Å²) < 4.78 is 11.2. The summed E-state index contributed by atoms with van der Waals surface area (Å²) in [7, 11) is 0. The molecule has 154 valence electrons. The first-order valence-electron chi connectivity index (χ1n) is 9.81. The molecule has 4 rings (SSSR count). The van der Waals surface area contributed by atoms with E-state index in [0.29, 0.717) is 16.7 Å². The minimum Gasteiger partial charge on any atom is -0.489 e. The first-order chi connectivity index (χ1) is 14.7. The lowest BCUT2D eigenvalue weighted by Gasteiger charge is -2.28. The highest BCUT2D eigenvalue weighted by Crippen LogP contribution is 2.24. The number of halogens is 2. The smallest absolute Gasteiger partial charge is 0.119 e. The zero-order chi connectivity index (χ0) is 20.8. The Kier molecular flexibility index (Phi) is 6.90. The normalized spacial score (nSPS) is 14.3. The number of benzene rings is 3. The lowest BCUT2D eigenvalue weighted by Crippen LogP contribution is -2.36. The van der Waals surface area contributed by atoms with Gasteiger partial charge in [0.25, 0.3) is 0 Å². The van der Waals surface area contributed by atoms with E-state index in [1.54, 1.807) is 6.07 Å². The molecule has 0 spiro atoms. The standard InChI is InChI=1S/C24H22Cl2N2O2/c25-23-10-3-19(15-24(23)26)17-30-22-8-1-18(2-9-22)16-27-20-4-6-21(7-5-20)28-11-13-29-14-12-28/h1-10,15-16H,11-14,17H2. The molecule has 1 heterocycles. The Bertz CT molecular complexity index is 999. The van der Waals surface area contributed by atoms with Gasteiger partial charge in [-0.1, -0.05) is 29.3 Å². The Labute approximate surface area is 186 Å². The minimum atomic E-state index is 0.430. The van der Waals surface area contributed by atoms with Crippen LogP contribution >= 0.6 is 23.2 Å². The van der Waals surface area contributed by atoms with Crippen LogP contribution in [0.3, 0.4) is 0 Å². The van der Waals surface area contributed by atoms with Crippen LogP contribution in [0.4, 0.5) is 11.4 Å². The summed E-state index contributed by atoms with van der Waals surface area (Å²) in [6, 6.07) is 21.6. The van der Waals surface area contributed by atoms with Crippen LogP contribution in [0, 0.1) is 0 Å². The summed E-state index contributed by atoms with van der Waals surface area (Å²) in [5.74, 6) is 0.785. The third-order valence-electron chi connectivity index (χ3n) is 4.86. The van der Waals surface area contributed by atoms with Gasteiger partial charge in [0.05, 0.1) is 28.9 Å². The van der Waals surface area contributed by atoms with Gasteiger partial charge in [-0.2, -0.15) is 0 Å². The van der Waals surface area contributed by atoms with Crippen molar-refractivity contribution < 1.29 is 9.47 Å². The number of hydrogen-bond acceptors (Lipinski definition) is 4. The van der Waals surface area contributed by atoms with Gasteiger partial charge in [0.15, 0.2) is 0 Å². The number of hydrogen-bond donors (Lipinski definition) is 0. The fourth-order valence-electron chi connectivity index (χ4n) is 3.17. The average molecular weight is 441 g/mol. The molecule has 0 radical (unpaired) electrons. The van der Waals surface area contributed by atoms with Crippen LogP contribution in [0.1, 0.15) is 11.1 Å². The zero-order valence-electron chi connectivity index (χ0n) is 16.4. The summed E-state index contributed by atoms with van der Waals surface area (Å²) >= 11 is 12.0. The molecule has 0 atom stereocenters. The fraction of sp³-hybridized carbons (Fsp3) is 0.208. The number of nitrogens with zero attached hydrogens (tertiary/aromatic N) is 2. The van der Waals surface area contributed by atoms with Gasteiger partial charge >= 0.3 is 0 Å². The molecule has 0 amide bonds. The molecule has 3 aromatic carbocycles. The predicted octanol–water partition coefficient (Wildman–Crippen LogP) is 6.16. The van der Waals surface area contributed by atoms with Gasteiger partial charge in [0, 0.05) is 25.0 Å². The van der Waals surface area contributed by atoms with Gasteiger partial charge in [-0.15, -0.1) is 0 Å². The molecule has 6 heteroatoms. The van der Waals surface area contributed by atoms with Crippen molar-refractivity contribution in [1.82, 2.24) is 0 Å². The van der Waals surface area contributed by atoms with Gasteiger partial charge in [-0.05, 0) is 71.8 Å². The summed E-state index contributed by atoms with van der Waals surface area (Å²) in [4.78, 5) is 6.89. The molecule has 30 heavy (non-hydrogen) atoms. The van der Waals surface area contributed by atoms with Crippen molar-refractivity contribution in [3.8, 4) is 5.75 Å². The quantitative estimate of drug-likeness (QED) is 0.430. The third-order valence-corrected chi connectivity index (χ3v) is 5.60. The van der Waals surface area contributed by atoms with Crippen molar-refractivity contribution in [3.63, 3.8) is 0 Å². The van der Waals surface area contributed by atoms with Gasteiger partial charge < -0.3 is 14.4 Å². The van der Waals surface area contributed by atoms with E-state index in [1.807, 2.05) is 54.7 Å². The second-order valence-electron chi connectivity index (χ2n) is 6.98. The Hall–Kier alpha value is -2.53. The highest BCUT2D eigenvalue weighted by atomic mass is 35.5. The number of morpholine rings is 1. The van der Waals surface area contributed by atoms with E-state index in [0.717, 1.165) is 48.9 Å². The summed E-state index contributed by atoms with van der Waals surface area (Å²) in [6.45, 7) is 3.87. The van der Waals surface area contributed by atoms with Crippen molar-refractivity contribution in [3.05, 3.63) is 87.9 Å². The first kappa shape index (κ1) is 20.7. The maximum absolute atomic E-state index is 6.04. The SMILES string of the molecule is Clc1ccc(COc2ccc(C=Nc3ccc(N4CCOCC4)cc3)cc2)cc1Cl. The van der Waals surface area contributed by atoms with Gasteiger partial charge in [-0.25, -0.2) is 0 Å². The Morgan fingerprint density at radius 3 is 2.33 bits per heavy atom. The largest absolute Gasteiger partial charge is 0.489 e. The molecule has 1 fully saturated rings. The van der Waals surface area contributed by atoms with Crippen LogP contribution < -0.4 is 9.64 Å². The molecule has 0 saturated carbocycles. The van der Waals surface area contributed by atoms with Crippen LogP contribution in [0.5, 0.6) is 5.75 Å².